The lowest BCUT2D eigenvalue weighted by Gasteiger charge is -2.02. The Bertz CT molecular complexity index is 533. The van der Waals surface area contributed by atoms with Gasteiger partial charge in [-0.25, -0.2) is 4.98 Å². The predicted octanol–water partition coefficient (Wildman–Crippen LogP) is 2.64. The largest absolute Gasteiger partial charge is 0.497 e. The van der Waals surface area contributed by atoms with Crippen LogP contribution in [-0.2, 0) is 13.5 Å². The van der Waals surface area contributed by atoms with Gasteiger partial charge in [-0.05, 0) is 31.5 Å². The van der Waals surface area contributed by atoms with Gasteiger partial charge in [-0.15, -0.1) is 0 Å². The monoisotopic (exact) mass is 261 g/mol. The van der Waals surface area contributed by atoms with Gasteiger partial charge in [0, 0.05) is 19.5 Å². The summed E-state index contributed by atoms with van der Waals surface area (Å²) in [5.74, 6) is 2.01. The van der Waals surface area contributed by atoms with Crippen molar-refractivity contribution in [1.29, 1.82) is 0 Å². The molecule has 0 aliphatic heterocycles. The van der Waals surface area contributed by atoms with Crippen LogP contribution in [0.2, 0.25) is 0 Å². The zero-order valence-electron chi connectivity index (χ0n) is 11.9. The lowest BCUT2D eigenvalue weighted by atomic mass is 10.1. The number of fused-ring (bicyclic) bond motifs is 1. The number of rotatable bonds is 7. The van der Waals surface area contributed by atoms with E-state index in [9.17, 15) is 0 Å². The van der Waals surface area contributed by atoms with Crippen molar-refractivity contribution in [2.45, 2.75) is 32.1 Å². The molecule has 0 atom stereocenters. The topological polar surface area (TPSA) is 53.1 Å². The van der Waals surface area contributed by atoms with E-state index >= 15 is 0 Å². The number of hydrogen-bond acceptors (Lipinski definition) is 3. The Labute approximate surface area is 114 Å². The summed E-state index contributed by atoms with van der Waals surface area (Å²) in [6.07, 6.45) is 5.77. The molecule has 2 rings (SSSR count). The van der Waals surface area contributed by atoms with Crippen LogP contribution >= 0.6 is 0 Å². The minimum Gasteiger partial charge on any atom is -0.497 e. The predicted molar refractivity (Wildman–Crippen MR) is 78.5 cm³/mol. The van der Waals surface area contributed by atoms with E-state index in [4.69, 9.17) is 15.5 Å². The average Bonchev–Trinajstić information content (AvgIpc) is 2.75. The van der Waals surface area contributed by atoms with Crippen LogP contribution < -0.4 is 10.5 Å². The van der Waals surface area contributed by atoms with E-state index < -0.39 is 0 Å². The number of benzene rings is 1. The number of nitrogens with zero attached hydrogens (tertiary/aromatic N) is 2. The van der Waals surface area contributed by atoms with Gasteiger partial charge in [-0.1, -0.05) is 12.8 Å². The normalized spacial score (nSPS) is 11.1. The van der Waals surface area contributed by atoms with Crippen molar-refractivity contribution in [2.75, 3.05) is 13.7 Å². The highest BCUT2D eigenvalue weighted by atomic mass is 16.5. The third kappa shape index (κ3) is 3.26. The number of nitrogens with two attached hydrogens (primary N) is 1. The van der Waals surface area contributed by atoms with Gasteiger partial charge in [0.2, 0.25) is 0 Å². The first-order valence-corrected chi connectivity index (χ1v) is 6.95. The molecule has 0 aliphatic rings. The molecule has 104 valence electrons. The van der Waals surface area contributed by atoms with Crippen molar-refractivity contribution in [3.8, 4) is 5.75 Å². The first kappa shape index (κ1) is 13.9. The van der Waals surface area contributed by atoms with Crippen LogP contribution in [0.3, 0.4) is 0 Å². The molecule has 4 heteroatoms. The highest BCUT2D eigenvalue weighted by Crippen LogP contribution is 2.21. The molecule has 1 heterocycles. The van der Waals surface area contributed by atoms with Crippen LogP contribution in [0.4, 0.5) is 0 Å². The SMILES string of the molecule is COc1ccc2c(c1)nc(CCCCCCN)n2C. The molecule has 1 aromatic heterocycles. The summed E-state index contributed by atoms with van der Waals surface area (Å²) in [4.78, 5) is 4.70. The fourth-order valence-corrected chi connectivity index (χ4v) is 2.36. The lowest BCUT2D eigenvalue weighted by Crippen LogP contribution is -2.00. The van der Waals surface area contributed by atoms with Gasteiger partial charge in [-0.3, -0.25) is 0 Å². The van der Waals surface area contributed by atoms with Gasteiger partial charge in [-0.2, -0.15) is 0 Å². The molecule has 1 aromatic carbocycles. The molecule has 0 radical (unpaired) electrons. The molecule has 4 nitrogen and oxygen atoms in total. The van der Waals surface area contributed by atoms with Gasteiger partial charge in [0.25, 0.3) is 0 Å². The first-order chi connectivity index (χ1) is 9.26. The van der Waals surface area contributed by atoms with E-state index in [0.717, 1.165) is 42.0 Å². The molecule has 0 fully saturated rings. The summed E-state index contributed by atoms with van der Waals surface area (Å²) in [6.45, 7) is 0.798. The zero-order valence-corrected chi connectivity index (χ0v) is 11.9. The van der Waals surface area contributed by atoms with Crippen LogP contribution in [0.1, 0.15) is 31.5 Å². The second-order valence-electron chi connectivity index (χ2n) is 4.89. The van der Waals surface area contributed by atoms with Crippen LogP contribution in [0.25, 0.3) is 11.0 Å². The van der Waals surface area contributed by atoms with Crippen LogP contribution in [0, 0.1) is 0 Å². The maximum atomic E-state index is 5.50. The Morgan fingerprint density at radius 3 is 2.74 bits per heavy atom. The number of unbranched alkanes of at least 4 members (excludes halogenated alkanes) is 3. The minimum absolute atomic E-state index is 0.798. The van der Waals surface area contributed by atoms with Crippen molar-refractivity contribution >= 4 is 11.0 Å². The second-order valence-corrected chi connectivity index (χ2v) is 4.89. The molecule has 0 bridgehead atoms. The zero-order chi connectivity index (χ0) is 13.7. The van der Waals surface area contributed by atoms with Crippen LogP contribution in [0.5, 0.6) is 5.75 Å². The number of hydrogen-bond donors (Lipinski definition) is 1. The highest BCUT2D eigenvalue weighted by molar-refractivity contribution is 5.77. The summed E-state index contributed by atoms with van der Waals surface area (Å²) in [6, 6.07) is 6.04. The van der Waals surface area contributed by atoms with Crippen molar-refractivity contribution in [1.82, 2.24) is 9.55 Å². The van der Waals surface area contributed by atoms with Gasteiger partial charge < -0.3 is 15.0 Å². The molecule has 0 saturated heterocycles. The number of aryl methyl sites for hydroxylation is 2. The Kier molecular flexibility index (Phi) is 4.80. The van der Waals surface area contributed by atoms with Crippen LogP contribution in [0.15, 0.2) is 18.2 Å². The third-order valence-electron chi connectivity index (χ3n) is 3.54. The van der Waals surface area contributed by atoms with Gasteiger partial charge in [0.15, 0.2) is 0 Å². The maximum absolute atomic E-state index is 5.50. The Balaban J connectivity index is 2.04. The summed E-state index contributed by atoms with van der Waals surface area (Å²) in [7, 11) is 3.76. The van der Waals surface area contributed by atoms with Crippen molar-refractivity contribution in [3.05, 3.63) is 24.0 Å². The standard InChI is InChI=1S/C15H23N3O/c1-18-14-9-8-12(19-2)11-13(14)17-15(18)7-5-3-4-6-10-16/h8-9,11H,3-7,10,16H2,1-2H3. The smallest absolute Gasteiger partial charge is 0.121 e. The van der Waals surface area contributed by atoms with E-state index in [1.54, 1.807) is 7.11 Å². The molecular weight excluding hydrogens is 238 g/mol. The highest BCUT2D eigenvalue weighted by Gasteiger charge is 2.08. The number of ether oxygens (including phenoxy) is 1. The number of aromatic nitrogens is 2. The van der Waals surface area contributed by atoms with E-state index in [2.05, 4.69) is 17.7 Å². The third-order valence-corrected chi connectivity index (χ3v) is 3.54. The van der Waals surface area contributed by atoms with E-state index in [0.29, 0.717) is 0 Å². The molecule has 0 amide bonds. The maximum Gasteiger partial charge on any atom is 0.121 e. The van der Waals surface area contributed by atoms with Gasteiger partial charge in [0.05, 0.1) is 18.1 Å². The Morgan fingerprint density at radius 2 is 2.00 bits per heavy atom. The van der Waals surface area contributed by atoms with Crippen molar-refractivity contribution in [2.24, 2.45) is 12.8 Å². The lowest BCUT2D eigenvalue weighted by molar-refractivity contribution is 0.415. The quantitative estimate of drug-likeness (QED) is 0.780. The van der Waals surface area contributed by atoms with Crippen LogP contribution in [-0.4, -0.2) is 23.2 Å². The minimum atomic E-state index is 0.798. The Hall–Kier alpha value is -1.55. The molecule has 0 aliphatic carbocycles. The van der Waals surface area contributed by atoms with E-state index in [-0.39, 0.29) is 0 Å². The van der Waals surface area contributed by atoms with Gasteiger partial charge in [0.1, 0.15) is 11.6 Å². The molecule has 19 heavy (non-hydrogen) atoms. The van der Waals surface area contributed by atoms with E-state index in [1.807, 2.05) is 12.1 Å². The summed E-state index contributed by atoms with van der Waals surface area (Å²) in [5, 5.41) is 0. The van der Waals surface area contributed by atoms with Crippen molar-refractivity contribution in [3.63, 3.8) is 0 Å². The second kappa shape index (κ2) is 6.57. The summed E-state index contributed by atoms with van der Waals surface area (Å²) < 4.78 is 7.41. The van der Waals surface area contributed by atoms with E-state index in [1.165, 1.54) is 19.3 Å². The van der Waals surface area contributed by atoms with Crippen molar-refractivity contribution < 1.29 is 4.74 Å². The Morgan fingerprint density at radius 1 is 1.21 bits per heavy atom. The molecular formula is C15H23N3O. The summed E-state index contributed by atoms with van der Waals surface area (Å²) in [5.41, 5.74) is 7.67. The summed E-state index contributed by atoms with van der Waals surface area (Å²) >= 11 is 0. The molecule has 0 saturated carbocycles. The molecule has 0 spiro atoms. The molecule has 2 N–H and O–H groups in total. The number of imidazole rings is 1. The first-order valence-electron chi connectivity index (χ1n) is 6.95. The molecule has 2 aromatic rings. The molecule has 0 unspecified atom stereocenters. The number of methoxy groups -OCH3 is 1. The fourth-order valence-electron chi connectivity index (χ4n) is 2.36. The van der Waals surface area contributed by atoms with Gasteiger partial charge >= 0.3 is 0 Å². The fraction of sp³-hybridized carbons (Fsp3) is 0.533. The average molecular weight is 261 g/mol.